The Hall–Kier alpha value is -2.22. The van der Waals surface area contributed by atoms with Crippen LogP contribution in [0.1, 0.15) is 34.7 Å². The third-order valence-corrected chi connectivity index (χ3v) is 3.83. The number of methoxy groups -OCH3 is 1. The van der Waals surface area contributed by atoms with Gasteiger partial charge in [-0.3, -0.25) is 14.2 Å². The third-order valence-electron chi connectivity index (χ3n) is 3.83. The number of hydrogen-bond donors (Lipinski definition) is 0. The van der Waals surface area contributed by atoms with Crippen molar-refractivity contribution in [2.75, 3.05) is 20.3 Å². The van der Waals surface area contributed by atoms with Gasteiger partial charge in [0, 0.05) is 51.5 Å². The Morgan fingerprint density at radius 1 is 1.45 bits per heavy atom. The number of fused-ring (bicyclic) bond motifs is 1. The molecule has 1 amide bonds. The molecule has 0 spiro atoms. The highest BCUT2D eigenvalue weighted by Crippen LogP contribution is 2.28. The number of hydrogen-bond acceptors (Lipinski definition) is 5. The minimum atomic E-state index is -0.156. The van der Waals surface area contributed by atoms with Crippen LogP contribution in [0.15, 0.2) is 12.5 Å². The lowest BCUT2D eigenvalue weighted by atomic mass is 9.97. The first-order chi connectivity index (χ1) is 10.6. The molecule has 0 radical (unpaired) electrons. The van der Waals surface area contributed by atoms with Crippen molar-refractivity contribution in [3.63, 3.8) is 0 Å². The summed E-state index contributed by atoms with van der Waals surface area (Å²) in [5.74, 6) is 0.149. The van der Waals surface area contributed by atoms with E-state index in [2.05, 4.69) is 15.2 Å². The Morgan fingerprint density at radius 2 is 2.27 bits per heavy atom. The first kappa shape index (κ1) is 14.7. The van der Waals surface area contributed by atoms with Gasteiger partial charge in [0.2, 0.25) is 5.82 Å². The van der Waals surface area contributed by atoms with Crippen molar-refractivity contribution in [2.24, 2.45) is 7.05 Å². The molecule has 3 heterocycles. The fourth-order valence-corrected chi connectivity index (χ4v) is 2.79. The van der Waals surface area contributed by atoms with Gasteiger partial charge < -0.3 is 9.64 Å². The number of nitrogens with zero attached hydrogens (tertiary/aromatic N) is 6. The highest BCUT2D eigenvalue weighted by atomic mass is 16.5. The average Bonchev–Trinajstić information content (AvgIpc) is 3.12. The summed E-state index contributed by atoms with van der Waals surface area (Å²) in [5, 5.41) is 8.70. The molecule has 118 valence electrons. The van der Waals surface area contributed by atoms with Gasteiger partial charge in [-0.15, -0.1) is 5.10 Å². The van der Waals surface area contributed by atoms with Crippen molar-refractivity contribution < 1.29 is 9.53 Å². The van der Waals surface area contributed by atoms with Crippen molar-refractivity contribution >= 4 is 5.91 Å². The molecule has 3 rings (SSSR count). The first-order valence-electron chi connectivity index (χ1n) is 7.32. The quantitative estimate of drug-likeness (QED) is 0.818. The molecule has 1 atom stereocenters. The maximum Gasteiger partial charge on any atom is 0.293 e. The summed E-state index contributed by atoms with van der Waals surface area (Å²) in [5.41, 5.74) is 2.10. The third kappa shape index (κ3) is 2.61. The predicted octanol–water partition coefficient (Wildman–Crippen LogP) is 0.417. The van der Waals surface area contributed by atoms with Crippen LogP contribution >= 0.6 is 0 Å². The number of aromatic nitrogens is 5. The van der Waals surface area contributed by atoms with E-state index in [1.165, 1.54) is 11.0 Å². The highest BCUT2D eigenvalue weighted by molar-refractivity contribution is 5.90. The van der Waals surface area contributed by atoms with E-state index >= 15 is 0 Å². The predicted molar refractivity (Wildman–Crippen MR) is 78.3 cm³/mol. The van der Waals surface area contributed by atoms with Gasteiger partial charge in [0.25, 0.3) is 5.91 Å². The molecule has 0 N–H and O–H groups in total. The van der Waals surface area contributed by atoms with E-state index in [1.54, 1.807) is 19.1 Å². The van der Waals surface area contributed by atoms with Gasteiger partial charge in [0.15, 0.2) is 0 Å². The number of carbonyl (C=O) groups is 1. The molecule has 8 heteroatoms. The maximum atomic E-state index is 12.6. The van der Waals surface area contributed by atoms with Crippen LogP contribution in [0.5, 0.6) is 0 Å². The summed E-state index contributed by atoms with van der Waals surface area (Å²) in [6, 6.07) is 0. The molecular weight excluding hydrogens is 284 g/mol. The fourth-order valence-electron chi connectivity index (χ4n) is 2.79. The normalized spacial score (nSPS) is 17.6. The summed E-state index contributed by atoms with van der Waals surface area (Å²) >= 11 is 0. The number of amides is 1. The lowest BCUT2D eigenvalue weighted by molar-refractivity contribution is 0.0666. The molecule has 22 heavy (non-hydrogen) atoms. The first-order valence-corrected chi connectivity index (χ1v) is 7.32. The summed E-state index contributed by atoms with van der Waals surface area (Å²) < 4.78 is 8.73. The molecule has 0 saturated heterocycles. The smallest absolute Gasteiger partial charge is 0.293 e. The van der Waals surface area contributed by atoms with E-state index in [0.29, 0.717) is 19.7 Å². The SMILES string of the molecule is CCn1cc2c(n1)[C@@H](COC)CN(C(=O)c1ncn(C)n1)C2. The molecule has 0 bridgehead atoms. The fraction of sp³-hybridized carbons (Fsp3) is 0.571. The zero-order valence-corrected chi connectivity index (χ0v) is 13.1. The van der Waals surface area contributed by atoms with Crippen LogP contribution in [0.25, 0.3) is 0 Å². The number of ether oxygens (including phenoxy) is 1. The molecule has 2 aromatic rings. The van der Waals surface area contributed by atoms with Crippen LogP contribution in [0, 0.1) is 0 Å². The zero-order valence-electron chi connectivity index (χ0n) is 13.1. The summed E-state index contributed by atoms with van der Waals surface area (Å²) in [6.45, 7) is 4.49. The molecule has 0 aliphatic carbocycles. The Balaban J connectivity index is 1.87. The lowest BCUT2D eigenvalue weighted by Gasteiger charge is -2.30. The van der Waals surface area contributed by atoms with Crippen molar-refractivity contribution in [3.05, 3.63) is 29.6 Å². The number of aryl methyl sites for hydroxylation is 2. The van der Waals surface area contributed by atoms with Gasteiger partial charge in [0.05, 0.1) is 12.3 Å². The van der Waals surface area contributed by atoms with Crippen LogP contribution < -0.4 is 0 Å². The second kappa shape index (κ2) is 5.88. The Bertz CT molecular complexity index is 677. The Kier molecular flexibility index (Phi) is 3.93. The van der Waals surface area contributed by atoms with E-state index in [1.807, 2.05) is 17.8 Å². The van der Waals surface area contributed by atoms with E-state index in [-0.39, 0.29) is 17.6 Å². The van der Waals surface area contributed by atoms with Crippen molar-refractivity contribution in [1.29, 1.82) is 0 Å². The molecule has 0 fully saturated rings. The van der Waals surface area contributed by atoms with Gasteiger partial charge in [0.1, 0.15) is 6.33 Å². The molecule has 0 unspecified atom stereocenters. The second-order valence-corrected chi connectivity index (χ2v) is 5.48. The van der Waals surface area contributed by atoms with Gasteiger partial charge >= 0.3 is 0 Å². The minimum absolute atomic E-state index is 0.0780. The zero-order chi connectivity index (χ0) is 15.7. The van der Waals surface area contributed by atoms with E-state index in [4.69, 9.17) is 4.74 Å². The van der Waals surface area contributed by atoms with Crippen molar-refractivity contribution in [3.8, 4) is 0 Å². The molecular formula is C14H20N6O2. The summed E-state index contributed by atoms with van der Waals surface area (Å²) in [7, 11) is 3.41. The topological polar surface area (TPSA) is 78.1 Å². The van der Waals surface area contributed by atoms with Gasteiger partial charge in [-0.05, 0) is 6.92 Å². The van der Waals surface area contributed by atoms with Crippen LogP contribution in [0.2, 0.25) is 0 Å². The van der Waals surface area contributed by atoms with E-state index < -0.39 is 0 Å². The average molecular weight is 304 g/mol. The van der Waals surface area contributed by atoms with Crippen LogP contribution in [0.4, 0.5) is 0 Å². The molecule has 0 aromatic carbocycles. The standard InChI is InChI=1S/C14H20N6O2/c1-4-20-7-10-5-19(6-11(8-22-3)12(10)16-20)14(21)13-15-9-18(2)17-13/h7,9,11H,4-6,8H2,1-3H3/t11-/m1/s1. The summed E-state index contributed by atoms with van der Waals surface area (Å²) in [4.78, 5) is 18.4. The molecule has 1 aliphatic rings. The van der Waals surface area contributed by atoms with Crippen LogP contribution in [-0.4, -0.2) is 55.6 Å². The van der Waals surface area contributed by atoms with Crippen molar-refractivity contribution in [2.45, 2.75) is 25.9 Å². The molecule has 2 aromatic heterocycles. The Morgan fingerprint density at radius 3 is 2.91 bits per heavy atom. The van der Waals surface area contributed by atoms with Crippen LogP contribution in [0.3, 0.4) is 0 Å². The van der Waals surface area contributed by atoms with Crippen LogP contribution in [-0.2, 0) is 24.9 Å². The Labute approximate surface area is 128 Å². The number of carbonyl (C=O) groups excluding carboxylic acids is 1. The van der Waals surface area contributed by atoms with E-state index in [9.17, 15) is 4.79 Å². The molecule has 0 saturated carbocycles. The number of rotatable bonds is 4. The lowest BCUT2D eigenvalue weighted by Crippen LogP contribution is -2.39. The van der Waals surface area contributed by atoms with Gasteiger partial charge in [-0.25, -0.2) is 4.98 Å². The summed E-state index contributed by atoms with van der Waals surface area (Å²) in [6.07, 6.45) is 3.54. The minimum Gasteiger partial charge on any atom is -0.384 e. The monoisotopic (exact) mass is 304 g/mol. The van der Waals surface area contributed by atoms with E-state index in [0.717, 1.165) is 17.8 Å². The van der Waals surface area contributed by atoms with Crippen molar-refractivity contribution in [1.82, 2.24) is 29.4 Å². The highest BCUT2D eigenvalue weighted by Gasteiger charge is 2.32. The largest absolute Gasteiger partial charge is 0.384 e. The molecule has 8 nitrogen and oxygen atoms in total. The van der Waals surface area contributed by atoms with Gasteiger partial charge in [-0.1, -0.05) is 0 Å². The second-order valence-electron chi connectivity index (χ2n) is 5.48. The van der Waals surface area contributed by atoms with Gasteiger partial charge in [-0.2, -0.15) is 5.10 Å². The maximum absolute atomic E-state index is 12.6. The molecule has 1 aliphatic heterocycles.